The average molecular weight is 270 g/mol. The maximum absolute atomic E-state index is 12.1. The summed E-state index contributed by atoms with van der Waals surface area (Å²) in [6.45, 7) is 5.01. The molecule has 0 aliphatic carbocycles. The van der Waals surface area contributed by atoms with Gasteiger partial charge in [-0.25, -0.2) is 9.59 Å². The fourth-order valence-corrected chi connectivity index (χ4v) is 2.71. The van der Waals surface area contributed by atoms with Gasteiger partial charge in [0, 0.05) is 13.1 Å². The number of fused-ring (bicyclic) bond motifs is 2. The normalized spacial score (nSPS) is 27.4. The molecule has 6 nitrogen and oxygen atoms in total. The first-order valence-electron chi connectivity index (χ1n) is 6.89. The van der Waals surface area contributed by atoms with E-state index in [2.05, 4.69) is 5.32 Å². The lowest BCUT2D eigenvalue weighted by molar-refractivity contribution is -0.139. The zero-order chi connectivity index (χ0) is 14.0. The Morgan fingerprint density at radius 1 is 1.32 bits per heavy atom. The molecule has 2 aliphatic heterocycles. The molecule has 2 amide bonds. The van der Waals surface area contributed by atoms with E-state index in [0.717, 1.165) is 12.8 Å². The van der Waals surface area contributed by atoms with Crippen molar-refractivity contribution in [3.8, 4) is 0 Å². The van der Waals surface area contributed by atoms with Gasteiger partial charge < -0.3 is 20.1 Å². The van der Waals surface area contributed by atoms with Gasteiger partial charge >= 0.3 is 12.0 Å². The Kier molecular flexibility index (Phi) is 4.29. The molecule has 2 saturated heterocycles. The van der Waals surface area contributed by atoms with Gasteiger partial charge in [-0.05, 0) is 25.2 Å². The highest BCUT2D eigenvalue weighted by atomic mass is 16.5. The minimum absolute atomic E-state index is 0.123. The summed E-state index contributed by atoms with van der Waals surface area (Å²) < 4.78 is 5.66. The molecule has 2 rings (SSSR count). The first kappa shape index (κ1) is 14.1. The molecule has 0 radical (unpaired) electrons. The van der Waals surface area contributed by atoms with Crippen LogP contribution in [0.25, 0.3) is 0 Å². The summed E-state index contributed by atoms with van der Waals surface area (Å²) in [5.74, 6) is -0.749. The SMILES string of the molecule is CC(C)CC(NC(=O)N1CC2CCC(C1)O2)C(=O)O. The van der Waals surface area contributed by atoms with Crippen molar-refractivity contribution in [2.24, 2.45) is 5.92 Å². The Morgan fingerprint density at radius 2 is 1.89 bits per heavy atom. The summed E-state index contributed by atoms with van der Waals surface area (Å²) >= 11 is 0. The highest BCUT2D eigenvalue weighted by Gasteiger charge is 2.36. The summed E-state index contributed by atoms with van der Waals surface area (Å²) in [4.78, 5) is 24.9. The molecule has 0 aromatic heterocycles. The zero-order valence-electron chi connectivity index (χ0n) is 11.5. The third-order valence-corrected chi connectivity index (χ3v) is 3.63. The van der Waals surface area contributed by atoms with Crippen molar-refractivity contribution in [1.29, 1.82) is 0 Å². The number of aliphatic carboxylic acids is 1. The van der Waals surface area contributed by atoms with Crippen molar-refractivity contribution in [2.45, 2.75) is 51.4 Å². The number of carbonyl (C=O) groups excluding carboxylic acids is 1. The fraction of sp³-hybridized carbons (Fsp3) is 0.846. The topological polar surface area (TPSA) is 78.9 Å². The number of nitrogens with one attached hydrogen (secondary N) is 1. The Bertz CT molecular complexity index is 347. The number of carbonyl (C=O) groups is 2. The summed E-state index contributed by atoms with van der Waals surface area (Å²) in [6, 6.07) is -1.10. The van der Waals surface area contributed by atoms with Crippen LogP contribution in [-0.2, 0) is 9.53 Å². The number of amides is 2. The molecule has 0 aromatic carbocycles. The van der Waals surface area contributed by atoms with Crippen LogP contribution < -0.4 is 5.32 Å². The molecule has 0 spiro atoms. The fourth-order valence-electron chi connectivity index (χ4n) is 2.71. The smallest absolute Gasteiger partial charge is 0.326 e. The lowest BCUT2D eigenvalue weighted by Gasteiger charge is -2.33. The minimum Gasteiger partial charge on any atom is -0.480 e. The van der Waals surface area contributed by atoms with Crippen molar-refractivity contribution in [3.63, 3.8) is 0 Å². The molecule has 2 bridgehead atoms. The van der Waals surface area contributed by atoms with Gasteiger partial charge in [0.15, 0.2) is 0 Å². The number of hydrogen-bond donors (Lipinski definition) is 2. The largest absolute Gasteiger partial charge is 0.480 e. The van der Waals surface area contributed by atoms with Crippen LogP contribution in [0.1, 0.15) is 33.1 Å². The molecule has 2 fully saturated rings. The van der Waals surface area contributed by atoms with Crippen LogP contribution in [-0.4, -0.2) is 53.3 Å². The van der Waals surface area contributed by atoms with E-state index >= 15 is 0 Å². The maximum Gasteiger partial charge on any atom is 0.326 e. The lowest BCUT2D eigenvalue weighted by atomic mass is 10.0. The number of carboxylic acids is 1. The van der Waals surface area contributed by atoms with Gasteiger partial charge in [-0.2, -0.15) is 0 Å². The van der Waals surface area contributed by atoms with Crippen LogP contribution in [0.2, 0.25) is 0 Å². The monoisotopic (exact) mass is 270 g/mol. The molecule has 19 heavy (non-hydrogen) atoms. The van der Waals surface area contributed by atoms with E-state index in [1.54, 1.807) is 4.90 Å². The van der Waals surface area contributed by atoms with Crippen molar-refractivity contribution < 1.29 is 19.4 Å². The molecule has 3 unspecified atom stereocenters. The van der Waals surface area contributed by atoms with E-state index in [1.165, 1.54) is 0 Å². The predicted molar refractivity (Wildman–Crippen MR) is 68.9 cm³/mol. The van der Waals surface area contributed by atoms with Gasteiger partial charge in [0.1, 0.15) is 6.04 Å². The number of ether oxygens (including phenoxy) is 1. The molecule has 108 valence electrons. The molecule has 0 saturated carbocycles. The number of rotatable bonds is 4. The quantitative estimate of drug-likeness (QED) is 0.800. The third kappa shape index (κ3) is 3.59. The van der Waals surface area contributed by atoms with Gasteiger partial charge in [0.2, 0.25) is 0 Å². The third-order valence-electron chi connectivity index (χ3n) is 3.63. The second-order valence-corrected chi connectivity index (χ2v) is 5.83. The van der Waals surface area contributed by atoms with Crippen LogP contribution in [0, 0.1) is 5.92 Å². The number of morpholine rings is 1. The first-order chi connectivity index (χ1) is 8.95. The van der Waals surface area contributed by atoms with Crippen molar-refractivity contribution >= 4 is 12.0 Å². The molecular formula is C13H22N2O4. The molecule has 0 aromatic rings. The number of hydrogen-bond acceptors (Lipinski definition) is 3. The first-order valence-corrected chi connectivity index (χ1v) is 6.89. The van der Waals surface area contributed by atoms with Crippen LogP contribution in [0.5, 0.6) is 0 Å². The minimum atomic E-state index is -0.974. The highest BCUT2D eigenvalue weighted by Crippen LogP contribution is 2.26. The van der Waals surface area contributed by atoms with Crippen LogP contribution >= 0.6 is 0 Å². The van der Waals surface area contributed by atoms with Crippen LogP contribution in [0.15, 0.2) is 0 Å². The summed E-state index contributed by atoms with van der Waals surface area (Å²) in [6.07, 6.45) is 2.67. The maximum atomic E-state index is 12.1. The second kappa shape index (κ2) is 5.77. The van der Waals surface area contributed by atoms with Crippen molar-refractivity contribution in [1.82, 2.24) is 10.2 Å². The Morgan fingerprint density at radius 3 is 2.37 bits per heavy atom. The van der Waals surface area contributed by atoms with E-state index in [0.29, 0.717) is 19.5 Å². The van der Waals surface area contributed by atoms with Crippen molar-refractivity contribution in [2.75, 3.05) is 13.1 Å². The molecule has 2 N–H and O–H groups in total. The number of nitrogens with zero attached hydrogens (tertiary/aromatic N) is 1. The van der Waals surface area contributed by atoms with E-state index in [9.17, 15) is 9.59 Å². The Labute approximate surface area is 113 Å². The van der Waals surface area contributed by atoms with Crippen molar-refractivity contribution in [3.05, 3.63) is 0 Å². The van der Waals surface area contributed by atoms with Gasteiger partial charge in [0.25, 0.3) is 0 Å². The van der Waals surface area contributed by atoms with Crippen LogP contribution in [0.4, 0.5) is 4.79 Å². The van der Waals surface area contributed by atoms with E-state index in [4.69, 9.17) is 9.84 Å². The van der Waals surface area contributed by atoms with Crippen LogP contribution in [0.3, 0.4) is 0 Å². The Hall–Kier alpha value is -1.30. The van der Waals surface area contributed by atoms with E-state index in [1.807, 2.05) is 13.8 Å². The van der Waals surface area contributed by atoms with Gasteiger partial charge in [-0.3, -0.25) is 0 Å². The lowest BCUT2D eigenvalue weighted by Crippen LogP contribution is -2.53. The van der Waals surface area contributed by atoms with Gasteiger partial charge in [-0.15, -0.1) is 0 Å². The summed E-state index contributed by atoms with van der Waals surface area (Å²) in [5, 5.41) is 11.7. The second-order valence-electron chi connectivity index (χ2n) is 5.83. The zero-order valence-corrected chi connectivity index (χ0v) is 11.5. The summed E-state index contributed by atoms with van der Waals surface area (Å²) in [7, 11) is 0. The Balaban J connectivity index is 1.90. The highest BCUT2D eigenvalue weighted by molar-refractivity contribution is 5.82. The standard InChI is InChI=1S/C13H22N2O4/c1-8(2)5-11(12(16)17)14-13(18)15-6-9-3-4-10(7-15)19-9/h8-11H,3-7H2,1-2H3,(H,14,18)(H,16,17). The number of likely N-dealkylation sites (tertiary alicyclic amines) is 1. The molecule has 2 heterocycles. The van der Waals surface area contributed by atoms with E-state index < -0.39 is 12.0 Å². The predicted octanol–water partition coefficient (Wildman–Crippen LogP) is 1.06. The van der Waals surface area contributed by atoms with Gasteiger partial charge in [-0.1, -0.05) is 13.8 Å². The van der Waals surface area contributed by atoms with E-state index in [-0.39, 0.29) is 24.2 Å². The molecule has 3 atom stereocenters. The molecule has 6 heteroatoms. The molecular weight excluding hydrogens is 248 g/mol. The summed E-state index contributed by atoms with van der Waals surface area (Å²) in [5.41, 5.74) is 0. The molecule has 2 aliphatic rings. The average Bonchev–Trinajstić information content (AvgIpc) is 2.66. The number of carboxylic acid groups (broad SMARTS) is 1. The van der Waals surface area contributed by atoms with Gasteiger partial charge in [0.05, 0.1) is 12.2 Å². The number of urea groups is 1.